The molecule has 3 heterocycles. The van der Waals surface area contributed by atoms with E-state index in [0.717, 1.165) is 41.5 Å². The van der Waals surface area contributed by atoms with Crippen molar-refractivity contribution in [3.8, 4) is 0 Å². The number of anilines is 1. The van der Waals surface area contributed by atoms with Crippen LogP contribution in [0.25, 0.3) is 10.9 Å². The first-order chi connectivity index (χ1) is 23.8. The minimum Gasteiger partial charge on any atom is -0.444 e. The molecule has 5 rings (SSSR count). The fourth-order valence-corrected chi connectivity index (χ4v) is 6.83. The fourth-order valence-electron chi connectivity index (χ4n) is 6.83. The summed E-state index contributed by atoms with van der Waals surface area (Å²) in [6.45, 7) is 9.72. The van der Waals surface area contributed by atoms with Crippen LogP contribution in [0.5, 0.6) is 0 Å². The van der Waals surface area contributed by atoms with Crippen molar-refractivity contribution in [2.75, 3.05) is 32.1 Å². The lowest BCUT2D eigenvalue weighted by atomic mass is 9.91. The van der Waals surface area contributed by atoms with E-state index in [9.17, 15) is 14.4 Å². The third kappa shape index (κ3) is 9.09. The van der Waals surface area contributed by atoms with Gasteiger partial charge in [-0.25, -0.2) is 9.18 Å². The Morgan fingerprint density at radius 2 is 1.86 bits per heavy atom. The first-order valence-electron chi connectivity index (χ1n) is 17.3. The smallest absolute Gasteiger partial charge is 0.407 e. The van der Waals surface area contributed by atoms with Crippen molar-refractivity contribution in [3.63, 3.8) is 0 Å². The monoisotopic (exact) mass is 688 g/mol. The number of likely N-dealkylation sites (tertiary alicyclic amines) is 1. The normalized spacial score (nSPS) is 15.6. The van der Waals surface area contributed by atoms with Gasteiger partial charge in [0.25, 0.3) is 5.91 Å². The second kappa shape index (κ2) is 15.9. The van der Waals surface area contributed by atoms with E-state index in [1.54, 1.807) is 70.1 Å². The number of carbonyl (C=O) groups excluding carboxylic acids is 3. The van der Waals surface area contributed by atoms with Gasteiger partial charge in [0.15, 0.2) is 5.69 Å². The molecule has 0 spiro atoms. The van der Waals surface area contributed by atoms with E-state index in [0.29, 0.717) is 49.6 Å². The van der Waals surface area contributed by atoms with Crippen molar-refractivity contribution in [2.45, 2.75) is 83.9 Å². The Kier molecular flexibility index (Phi) is 11.6. The molecule has 2 aromatic carbocycles. The zero-order valence-electron chi connectivity index (χ0n) is 29.9. The molecule has 2 N–H and O–H groups in total. The summed E-state index contributed by atoms with van der Waals surface area (Å²) in [5.74, 6) is -0.601. The van der Waals surface area contributed by atoms with E-state index >= 15 is 4.39 Å². The molecule has 1 aliphatic rings. The number of alkyl carbamates (subject to hydrolysis) is 1. The molecule has 4 aromatic rings. The maximum atomic E-state index is 15.2. The minimum atomic E-state index is -0.703. The summed E-state index contributed by atoms with van der Waals surface area (Å²) in [6.07, 6.45) is 4.00. The summed E-state index contributed by atoms with van der Waals surface area (Å²) in [5, 5.41) is 10.8. The maximum Gasteiger partial charge on any atom is 0.407 e. The molecule has 1 saturated heterocycles. The molecule has 0 saturated carbocycles. The Labute approximate surface area is 293 Å². The summed E-state index contributed by atoms with van der Waals surface area (Å²) in [5.41, 5.74) is 3.80. The molecule has 1 aliphatic heterocycles. The number of hydrogen-bond acceptors (Lipinski definition) is 6. The number of rotatable bonds is 12. The van der Waals surface area contributed by atoms with Gasteiger partial charge >= 0.3 is 6.09 Å². The number of nitrogens with one attached hydrogen (secondary N) is 2. The third-order valence-corrected chi connectivity index (χ3v) is 9.01. The lowest BCUT2D eigenvalue weighted by molar-refractivity contribution is -0.132. The molecule has 11 nitrogen and oxygen atoms in total. The Hall–Kier alpha value is -4.71. The lowest BCUT2D eigenvalue weighted by Crippen LogP contribution is -2.46. The number of ether oxygens (including phenoxy) is 2. The van der Waals surface area contributed by atoms with Gasteiger partial charge in [-0.2, -0.15) is 5.10 Å². The van der Waals surface area contributed by atoms with Gasteiger partial charge in [-0.1, -0.05) is 24.3 Å². The van der Waals surface area contributed by atoms with Crippen molar-refractivity contribution < 1.29 is 28.2 Å². The molecular formula is C38H49FN6O5. The highest BCUT2D eigenvalue weighted by Gasteiger charge is 2.31. The van der Waals surface area contributed by atoms with Gasteiger partial charge in [0.1, 0.15) is 11.4 Å². The van der Waals surface area contributed by atoms with E-state index < -0.39 is 17.7 Å². The Morgan fingerprint density at radius 3 is 2.54 bits per heavy atom. The molecule has 0 radical (unpaired) electrons. The molecule has 2 aromatic heterocycles. The predicted molar refractivity (Wildman–Crippen MR) is 191 cm³/mol. The number of aromatic nitrogens is 3. The lowest BCUT2D eigenvalue weighted by Gasteiger charge is -2.35. The molecule has 2 atom stereocenters. The van der Waals surface area contributed by atoms with Crippen molar-refractivity contribution in [3.05, 3.63) is 83.1 Å². The van der Waals surface area contributed by atoms with Gasteiger partial charge in [0.2, 0.25) is 5.91 Å². The standard InChI is InChI=1S/C38H49FN6O5/c1-25-30-11-7-12-31(39)35(30)45(19-9-21-49-6)34(25)27-10-8-18-44(24-27)33(46)23-29(41-37(48)50-38(2,3)4)22-26-13-15-28(16-14-26)40-36(47)32-17-20-43(5)42-32/h7,11-17,20,27,29H,8-10,18-19,21-24H2,1-6H3,(H,40,47)(H,41,48)/t27?,29-/m1/s1. The Morgan fingerprint density at radius 1 is 1.10 bits per heavy atom. The molecule has 0 aliphatic carbocycles. The topological polar surface area (TPSA) is 120 Å². The van der Waals surface area contributed by atoms with Gasteiger partial charge in [0, 0.05) is 81.7 Å². The van der Waals surface area contributed by atoms with Gasteiger partial charge in [-0.15, -0.1) is 0 Å². The minimum absolute atomic E-state index is 0.0353. The van der Waals surface area contributed by atoms with Gasteiger partial charge < -0.3 is 29.6 Å². The van der Waals surface area contributed by atoms with Crippen LogP contribution in [-0.4, -0.2) is 75.6 Å². The number of carbonyl (C=O) groups is 3. The Balaban J connectivity index is 1.31. The molecule has 3 amide bonds. The summed E-state index contributed by atoms with van der Waals surface area (Å²) in [7, 11) is 3.41. The number of amides is 3. The van der Waals surface area contributed by atoms with Gasteiger partial charge in [0.05, 0.1) is 5.52 Å². The molecule has 1 unspecified atom stereocenters. The highest BCUT2D eigenvalue weighted by molar-refractivity contribution is 6.02. The number of para-hydroxylation sites is 1. The molecule has 50 heavy (non-hydrogen) atoms. The van der Waals surface area contributed by atoms with Crippen LogP contribution in [0, 0.1) is 12.7 Å². The van der Waals surface area contributed by atoms with Gasteiger partial charge in [-0.05, 0) is 88.8 Å². The number of fused-ring (bicyclic) bond motifs is 1. The molecule has 268 valence electrons. The third-order valence-electron chi connectivity index (χ3n) is 9.01. The number of halogens is 1. The Bertz CT molecular complexity index is 1810. The van der Waals surface area contributed by atoms with Crippen LogP contribution < -0.4 is 10.6 Å². The van der Waals surface area contributed by atoms with Crippen LogP contribution in [0.1, 0.15) is 79.7 Å². The van der Waals surface area contributed by atoms with Crippen LogP contribution in [0.15, 0.2) is 54.7 Å². The number of hydrogen-bond donors (Lipinski definition) is 2. The van der Waals surface area contributed by atoms with E-state index in [-0.39, 0.29) is 30.0 Å². The number of aryl methyl sites for hydroxylation is 3. The average molecular weight is 689 g/mol. The average Bonchev–Trinajstić information content (AvgIpc) is 3.62. The molecule has 1 fully saturated rings. The molecule has 12 heteroatoms. The fraction of sp³-hybridized carbons (Fsp3) is 0.474. The zero-order chi connectivity index (χ0) is 36.0. The van der Waals surface area contributed by atoms with E-state index in [4.69, 9.17) is 9.47 Å². The largest absolute Gasteiger partial charge is 0.444 e. The predicted octanol–water partition coefficient (Wildman–Crippen LogP) is 6.34. The molecular weight excluding hydrogens is 639 g/mol. The van der Waals surface area contributed by atoms with Crippen LogP contribution in [0.2, 0.25) is 0 Å². The quantitative estimate of drug-likeness (QED) is 0.168. The number of piperidine rings is 1. The van der Waals surface area contributed by atoms with Crippen LogP contribution in [0.4, 0.5) is 14.9 Å². The SMILES string of the molecule is COCCCn1c(C2CCCN(C(=O)C[C@@H](Cc3ccc(NC(=O)c4ccn(C)n4)cc3)NC(=O)OC(C)(C)C)C2)c(C)c2cccc(F)c21. The van der Waals surface area contributed by atoms with Crippen molar-refractivity contribution in [1.29, 1.82) is 0 Å². The second-order valence-corrected chi connectivity index (χ2v) is 14.1. The second-order valence-electron chi connectivity index (χ2n) is 14.1. The number of benzene rings is 2. The first-order valence-corrected chi connectivity index (χ1v) is 17.3. The van der Waals surface area contributed by atoms with Crippen LogP contribution in [-0.2, 0) is 34.3 Å². The summed E-state index contributed by atoms with van der Waals surface area (Å²) in [6, 6.07) is 13.6. The van der Waals surface area contributed by atoms with Crippen molar-refractivity contribution >= 4 is 34.5 Å². The zero-order valence-corrected chi connectivity index (χ0v) is 29.9. The number of methoxy groups -OCH3 is 1. The van der Waals surface area contributed by atoms with E-state index in [1.807, 2.05) is 30.0 Å². The summed E-state index contributed by atoms with van der Waals surface area (Å²) >= 11 is 0. The van der Waals surface area contributed by atoms with Crippen molar-refractivity contribution in [2.24, 2.45) is 7.05 Å². The summed E-state index contributed by atoms with van der Waals surface area (Å²) in [4.78, 5) is 41.3. The van der Waals surface area contributed by atoms with Crippen molar-refractivity contribution in [1.82, 2.24) is 24.6 Å². The van der Waals surface area contributed by atoms with E-state index in [2.05, 4.69) is 20.3 Å². The van der Waals surface area contributed by atoms with Gasteiger partial charge in [-0.3, -0.25) is 14.3 Å². The summed E-state index contributed by atoms with van der Waals surface area (Å²) < 4.78 is 29.7. The maximum absolute atomic E-state index is 15.2. The van der Waals surface area contributed by atoms with Crippen LogP contribution in [0.3, 0.4) is 0 Å². The highest BCUT2D eigenvalue weighted by Crippen LogP contribution is 2.37. The number of nitrogens with zero attached hydrogens (tertiary/aromatic N) is 4. The van der Waals surface area contributed by atoms with Crippen LogP contribution >= 0.6 is 0 Å². The van der Waals surface area contributed by atoms with E-state index in [1.165, 1.54) is 6.07 Å². The first kappa shape index (κ1) is 36.6. The molecule has 0 bridgehead atoms. The highest BCUT2D eigenvalue weighted by atomic mass is 19.1.